The largest absolute Gasteiger partial charge is 0.378 e. The third-order valence-electron chi connectivity index (χ3n) is 2.99. The van der Waals surface area contributed by atoms with Crippen molar-refractivity contribution in [2.75, 3.05) is 5.32 Å². The molecule has 0 aliphatic heterocycles. The molecule has 4 heteroatoms. The molecule has 0 bridgehead atoms. The Bertz CT molecular complexity index is 599. The zero-order valence-electron chi connectivity index (χ0n) is 10.7. The van der Waals surface area contributed by atoms with Crippen LogP contribution in [0.2, 0.25) is 10.0 Å². The highest BCUT2D eigenvalue weighted by atomic mass is 35.5. The van der Waals surface area contributed by atoms with Crippen molar-refractivity contribution in [3.8, 4) is 0 Å². The van der Waals surface area contributed by atoms with E-state index in [4.69, 9.17) is 23.2 Å². The lowest BCUT2D eigenvalue weighted by molar-refractivity contribution is 0.626. The van der Waals surface area contributed by atoms with Crippen LogP contribution in [-0.2, 0) is 0 Å². The van der Waals surface area contributed by atoms with Gasteiger partial charge in [-0.05, 0) is 55.3 Å². The van der Waals surface area contributed by atoms with Gasteiger partial charge in [-0.25, -0.2) is 4.39 Å². The van der Waals surface area contributed by atoms with E-state index in [0.717, 1.165) is 16.8 Å². The van der Waals surface area contributed by atoms with Crippen molar-refractivity contribution in [1.82, 2.24) is 0 Å². The SMILES string of the molecule is Cc1cc(F)ccc1NC(C)c1ccc(Cl)cc1Cl. The van der Waals surface area contributed by atoms with Crippen LogP contribution in [0.15, 0.2) is 36.4 Å². The minimum atomic E-state index is -0.236. The van der Waals surface area contributed by atoms with E-state index >= 15 is 0 Å². The van der Waals surface area contributed by atoms with Crippen LogP contribution < -0.4 is 5.32 Å². The van der Waals surface area contributed by atoms with E-state index in [1.807, 2.05) is 19.9 Å². The fraction of sp³-hybridized carbons (Fsp3) is 0.200. The maximum atomic E-state index is 13.1. The van der Waals surface area contributed by atoms with Crippen molar-refractivity contribution in [3.05, 3.63) is 63.4 Å². The van der Waals surface area contributed by atoms with Gasteiger partial charge in [-0.1, -0.05) is 29.3 Å². The standard InChI is InChI=1S/C15H14Cl2FN/c1-9-7-12(18)4-6-15(9)19-10(2)13-5-3-11(16)8-14(13)17/h3-8,10,19H,1-2H3. The summed E-state index contributed by atoms with van der Waals surface area (Å²) in [5, 5.41) is 4.55. The van der Waals surface area contributed by atoms with Gasteiger partial charge in [0, 0.05) is 15.7 Å². The summed E-state index contributed by atoms with van der Waals surface area (Å²) in [4.78, 5) is 0. The van der Waals surface area contributed by atoms with Crippen molar-refractivity contribution in [2.24, 2.45) is 0 Å². The van der Waals surface area contributed by atoms with Gasteiger partial charge < -0.3 is 5.32 Å². The van der Waals surface area contributed by atoms with E-state index in [0.29, 0.717) is 10.0 Å². The lowest BCUT2D eigenvalue weighted by Crippen LogP contribution is -2.08. The van der Waals surface area contributed by atoms with E-state index in [9.17, 15) is 4.39 Å². The van der Waals surface area contributed by atoms with Crippen LogP contribution in [-0.4, -0.2) is 0 Å². The number of benzene rings is 2. The first kappa shape index (κ1) is 14.2. The van der Waals surface area contributed by atoms with Crippen LogP contribution in [0.4, 0.5) is 10.1 Å². The van der Waals surface area contributed by atoms with Crippen LogP contribution in [0.1, 0.15) is 24.1 Å². The lowest BCUT2D eigenvalue weighted by Gasteiger charge is -2.18. The highest BCUT2D eigenvalue weighted by Crippen LogP contribution is 2.29. The summed E-state index contributed by atoms with van der Waals surface area (Å²) >= 11 is 12.0. The summed E-state index contributed by atoms with van der Waals surface area (Å²) < 4.78 is 13.1. The molecule has 0 aliphatic carbocycles. The first-order chi connectivity index (χ1) is 8.97. The van der Waals surface area contributed by atoms with Gasteiger partial charge in [0.15, 0.2) is 0 Å². The number of halogens is 3. The van der Waals surface area contributed by atoms with Gasteiger partial charge in [0.25, 0.3) is 0 Å². The molecule has 2 aromatic carbocycles. The second kappa shape index (κ2) is 5.81. The van der Waals surface area contributed by atoms with E-state index < -0.39 is 0 Å². The number of anilines is 1. The summed E-state index contributed by atoms with van der Waals surface area (Å²) in [6, 6.07) is 10.1. The smallest absolute Gasteiger partial charge is 0.123 e. The minimum absolute atomic E-state index is 0.00827. The van der Waals surface area contributed by atoms with Gasteiger partial charge in [-0.3, -0.25) is 0 Å². The maximum absolute atomic E-state index is 13.1. The Balaban J connectivity index is 2.23. The zero-order valence-corrected chi connectivity index (χ0v) is 12.2. The zero-order chi connectivity index (χ0) is 14.0. The molecule has 0 heterocycles. The summed E-state index contributed by atoms with van der Waals surface area (Å²) in [7, 11) is 0. The molecular weight excluding hydrogens is 284 g/mol. The Morgan fingerprint density at radius 3 is 2.47 bits per heavy atom. The normalized spacial score (nSPS) is 12.3. The van der Waals surface area contributed by atoms with Crippen LogP contribution >= 0.6 is 23.2 Å². The van der Waals surface area contributed by atoms with Crippen molar-refractivity contribution in [2.45, 2.75) is 19.9 Å². The average Bonchev–Trinajstić information content (AvgIpc) is 2.32. The highest BCUT2D eigenvalue weighted by Gasteiger charge is 2.11. The molecule has 0 aliphatic rings. The number of nitrogens with one attached hydrogen (secondary N) is 1. The van der Waals surface area contributed by atoms with Crippen molar-refractivity contribution in [3.63, 3.8) is 0 Å². The summed E-state index contributed by atoms with van der Waals surface area (Å²) in [6.45, 7) is 3.86. The molecule has 2 aromatic rings. The first-order valence-corrected chi connectivity index (χ1v) is 6.70. The van der Waals surface area contributed by atoms with E-state index in [-0.39, 0.29) is 11.9 Å². The monoisotopic (exact) mass is 297 g/mol. The van der Waals surface area contributed by atoms with Gasteiger partial charge in [0.1, 0.15) is 5.82 Å². The molecule has 0 radical (unpaired) electrons. The molecule has 1 atom stereocenters. The number of hydrogen-bond acceptors (Lipinski definition) is 1. The van der Waals surface area contributed by atoms with Crippen LogP contribution in [0.3, 0.4) is 0 Å². The van der Waals surface area contributed by atoms with E-state index in [1.165, 1.54) is 12.1 Å². The fourth-order valence-corrected chi connectivity index (χ4v) is 2.52. The first-order valence-electron chi connectivity index (χ1n) is 5.95. The molecule has 0 fully saturated rings. The molecule has 0 aromatic heterocycles. The molecule has 1 unspecified atom stereocenters. The minimum Gasteiger partial charge on any atom is -0.378 e. The molecule has 1 nitrogen and oxygen atoms in total. The third-order valence-corrected chi connectivity index (χ3v) is 3.55. The van der Waals surface area contributed by atoms with Gasteiger partial charge in [0.2, 0.25) is 0 Å². The summed E-state index contributed by atoms with van der Waals surface area (Å²) in [6.07, 6.45) is 0. The van der Waals surface area contributed by atoms with Gasteiger partial charge in [-0.2, -0.15) is 0 Å². The molecule has 0 saturated carbocycles. The Morgan fingerprint density at radius 1 is 1.11 bits per heavy atom. The fourth-order valence-electron chi connectivity index (χ4n) is 1.95. The van der Waals surface area contributed by atoms with Crippen LogP contribution in [0, 0.1) is 12.7 Å². The van der Waals surface area contributed by atoms with Crippen molar-refractivity contribution in [1.29, 1.82) is 0 Å². The van der Waals surface area contributed by atoms with E-state index in [1.54, 1.807) is 18.2 Å². The Morgan fingerprint density at radius 2 is 1.84 bits per heavy atom. The van der Waals surface area contributed by atoms with Gasteiger partial charge in [-0.15, -0.1) is 0 Å². The maximum Gasteiger partial charge on any atom is 0.123 e. The molecular formula is C15H14Cl2FN. The Kier molecular flexibility index (Phi) is 4.33. The Labute approximate surface area is 122 Å². The van der Waals surface area contributed by atoms with E-state index in [2.05, 4.69) is 5.32 Å². The molecule has 0 amide bonds. The molecule has 0 spiro atoms. The second-order valence-corrected chi connectivity index (χ2v) is 5.33. The van der Waals surface area contributed by atoms with Crippen molar-refractivity contribution >= 4 is 28.9 Å². The second-order valence-electron chi connectivity index (χ2n) is 4.49. The summed E-state index contributed by atoms with van der Waals surface area (Å²) in [5.41, 5.74) is 2.70. The average molecular weight is 298 g/mol. The lowest BCUT2D eigenvalue weighted by atomic mass is 10.1. The number of aryl methyl sites for hydroxylation is 1. The topological polar surface area (TPSA) is 12.0 Å². The van der Waals surface area contributed by atoms with Gasteiger partial charge >= 0.3 is 0 Å². The summed E-state index contributed by atoms with van der Waals surface area (Å²) in [5.74, 6) is -0.236. The molecule has 2 rings (SSSR count). The van der Waals surface area contributed by atoms with Crippen LogP contribution in [0.25, 0.3) is 0 Å². The number of rotatable bonds is 3. The predicted molar refractivity (Wildman–Crippen MR) is 79.6 cm³/mol. The molecule has 19 heavy (non-hydrogen) atoms. The van der Waals surface area contributed by atoms with Gasteiger partial charge in [0.05, 0.1) is 6.04 Å². The molecule has 1 N–H and O–H groups in total. The van der Waals surface area contributed by atoms with Crippen LogP contribution in [0.5, 0.6) is 0 Å². The Hall–Kier alpha value is -1.25. The predicted octanol–water partition coefficient (Wildman–Crippen LogP) is 5.61. The third kappa shape index (κ3) is 3.40. The highest BCUT2D eigenvalue weighted by molar-refractivity contribution is 6.35. The quantitative estimate of drug-likeness (QED) is 0.776. The van der Waals surface area contributed by atoms with Crippen molar-refractivity contribution < 1.29 is 4.39 Å². The molecule has 0 saturated heterocycles. The number of hydrogen-bond donors (Lipinski definition) is 1. The molecule has 100 valence electrons.